The van der Waals surface area contributed by atoms with Crippen molar-refractivity contribution in [3.8, 4) is 0 Å². The molecule has 0 saturated carbocycles. The Morgan fingerprint density at radius 1 is 1.41 bits per heavy atom. The molecule has 6 nitrogen and oxygen atoms in total. The number of halogens is 1. The summed E-state index contributed by atoms with van der Waals surface area (Å²) in [6.07, 6.45) is 3.97. The van der Waals surface area contributed by atoms with Crippen molar-refractivity contribution in [1.29, 1.82) is 0 Å². The fourth-order valence-electron chi connectivity index (χ4n) is 3.37. The van der Waals surface area contributed by atoms with Crippen LogP contribution < -0.4 is 10.2 Å². The molecular formula is C20H22ClN5OS2. The molecule has 1 fully saturated rings. The third-order valence-corrected chi connectivity index (χ3v) is 7.36. The van der Waals surface area contributed by atoms with Gasteiger partial charge in [0.25, 0.3) is 0 Å². The lowest BCUT2D eigenvalue weighted by Gasteiger charge is -2.30. The van der Waals surface area contributed by atoms with Crippen molar-refractivity contribution < 1.29 is 4.79 Å². The summed E-state index contributed by atoms with van der Waals surface area (Å²) >= 11 is 9.20. The van der Waals surface area contributed by atoms with Crippen LogP contribution in [-0.2, 0) is 4.79 Å². The molecule has 1 aliphatic heterocycles. The van der Waals surface area contributed by atoms with Crippen molar-refractivity contribution in [2.45, 2.75) is 31.7 Å². The van der Waals surface area contributed by atoms with E-state index in [4.69, 9.17) is 16.6 Å². The Morgan fingerprint density at radius 3 is 3.07 bits per heavy atom. The van der Waals surface area contributed by atoms with E-state index in [1.54, 1.807) is 11.3 Å². The minimum atomic E-state index is -0.123. The monoisotopic (exact) mass is 447 g/mol. The first-order chi connectivity index (χ1) is 14.0. The van der Waals surface area contributed by atoms with Crippen molar-refractivity contribution in [3.63, 3.8) is 0 Å². The Labute approximate surface area is 183 Å². The van der Waals surface area contributed by atoms with Gasteiger partial charge in [-0.25, -0.2) is 9.97 Å². The molecule has 9 heteroatoms. The molecule has 1 saturated heterocycles. The van der Waals surface area contributed by atoms with E-state index < -0.39 is 0 Å². The number of amides is 1. The average molecular weight is 448 g/mol. The van der Waals surface area contributed by atoms with Crippen molar-refractivity contribution in [1.82, 2.24) is 15.0 Å². The van der Waals surface area contributed by atoms with Gasteiger partial charge in [-0.3, -0.25) is 4.79 Å². The number of hydrogen-bond donors (Lipinski definition) is 1. The number of hydrogen-bond acceptors (Lipinski definition) is 7. The number of carbonyl (C=O) groups excluding carboxylic acids is 1. The maximum absolute atomic E-state index is 12.4. The van der Waals surface area contributed by atoms with Crippen LogP contribution in [0.5, 0.6) is 0 Å². The fraction of sp³-hybridized carbons (Fsp3) is 0.400. The van der Waals surface area contributed by atoms with Crippen LogP contribution in [0.2, 0.25) is 5.02 Å². The molecule has 2 aromatic heterocycles. The average Bonchev–Trinajstić information content (AvgIpc) is 3.13. The van der Waals surface area contributed by atoms with Gasteiger partial charge in [-0.1, -0.05) is 47.7 Å². The first-order valence-corrected chi connectivity index (χ1v) is 11.7. The van der Waals surface area contributed by atoms with Gasteiger partial charge in [0.15, 0.2) is 10.8 Å². The first-order valence-electron chi connectivity index (χ1n) is 9.55. The van der Waals surface area contributed by atoms with Crippen molar-refractivity contribution in [2.24, 2.45) is 5.92 Å². The van der Waals surface area contributed by atoms with Crippen LogP contribution in [0.1, 0.15) is 25.3 Å². The summed E-state index contributed by atoms with van der Waals surface area (Å²) in [7, 11) is 0. The molecule has 0 bridgehead atoms. The molecule has 29 heavy (non-hydrogen) atoms. The number of aryl methyl sites for hydroxylation is 1. The number of aromatic nitrogens is 3. The highest BCUT2D eigenvalue weighted by molar-refractivity contribution is 8.00. The highest BCUT2D eigenvalue weighted by Gasteiger charge is 2.21. The topological polar surface area (TPSA) is 71.0 Å². The zero-order chi connectivity index (χ0) is 20.4. The van der Waals surface area contributed by atoms with Crippen LogP contribution in [0.15, 0.2) is 29.6 Å². The van der Waals surface area contributed by atoms with Crippen LogP contribution in [-0.4, -0.2) is 39.7 Å². The van der Waals surface area contributed by atoms with Gasteiger partial charge in [-0.15, -0.1) is 0 Å². The van der Waals surface area contributed by atoms with Gasteiger partial charge in [-0.2, -0.15) is 4.98 Å². The summed E-state index contributed by atoms with van der Waals surface area (Å²) < 4.78 is 0.937. The van der Waals surface area contributed by atoms with Crippen LogP contribution in [0, 0.1) is 12.8 Å². The molecule has 1 amide bonds. The highest BCUT2D eigenvalue weighted by atomic mass is 35.5. The minimum Gasteiger partial charge on any atom is -0.348 e. The van der Waals surface area contributed by atoms with Gasteiger partial charge in [0.2, 0.25) is 5.91 Å². The second kappa shape index (κ2) is 8.85. The fourth-order valence-corrected chi connectivity index (χ4v) is 5.57. The number of carbonyl (C=O) groups is 1. The van der Waals surface area contributed by atoms with Gasteiger partial charge >= 0.3 is 0 Å². The second-order valence-corrected chi connectivity index (χ2v) is 9.69. The zero-order valence-electron chi connectivity index (χ0n) is 16.3. The van der Waals surface area contributed by atoms with Gasteiger partial charge in [0.05, 0.1) is 16.5 Å². The Morgan fingerprint density at radius 2 is 2.28 bits per heavy atom. The molecule has 3 heterocycles. The number of piperidine rings is 1. The van der Waals surface area contributed by atoms with Gasteiger partial charge in [0, 0.05) is 13.1 Å². The van der Waals surface area contributed by atoms with E-state index in [9.17, 15) is 4.79 Å². The van der Waals surface area contributed by atoms with Crippen LogP contribution in [0.3, 0.4) is 0 Å². The molecule has 0 aliphatic carbocycles. The van der Waals surface area contributed by atoms with Gasteiger partial charge < -0.3 is 10.2 Å². The maximum Gasteiger partial charge on any atom is 0.234 e. The molecule has 0 spiro atoms. The van der Waals surface area contributed by atoms with Crippen molar-refractivity contribution >= 4 is 61.8 Å². The predicted molar refractivity (Wildman–Crippen MR) is 121 cm³/mol. The maximum atomic E-state index is 12.4. The Kier molecular flexibility index (Phi) is 6.22. The quantitative estimate of drug-likeness (QED) is 0.437. The lowest BCUT2D eigenvalue weighted by Crippen LogP contribution is -2.34. The number of thioether (sulfide) groups is 1. The van der Waals surface area contributed by atoms with Crippen LogP contribution in [0.4, 0.5) is 10.8 Å². The van der Waals surface area contributed by atoms with E-state index in [-0.39, 0.29) is 11.7 Å². The van der Waals surface area contributed by atoms with E-state index in [0.29, 0.717) is 22.3 Å². The molecule has 0 radical (unpaired) electrons. The number of rotatable bonds is 5. The number of nitrogens with one attached hydrogen (secondary N) is 1. The molecule has 4 rings (SSSR count). The molecule has 1 atom stereocenters. The molecular weight excluding hydrogens is 426 g/mol. The SMILES string of the molecule is Cc1ccc(NC(=O)CSc2ncnc3nc(N4CCCC(C)C4)sc23)c(Cl)c1. The summed E-state index contributed by atoms with van der Waals surface area (Å²) in [5, 5.41) is 5.18. The lowest BCUT2D eigenvalue weighted by atomic mass is 10.0. The van der Waals surface area contributed by atoms with E-state index in [2.05, 4.69) is 27.1 Å². The van der Waals surface area contributed by atoms with E-state index in [0.717, 1.165) is 33.5 Å². The largest absolute Gasteiger partial charge is 0.348 e. The van der Waals surface area contributed by atoms with Crippen molar-refractivity contribution in [2.75, 3.05) is 29.1 Å². The van der Waals surface area contributed by atoms with E-state index in [1.807, 2.05) is 25.1 Å². The Balaban J connectivity index is 1.45. The molecule has 152 valence electrons. The summed E-state index contributed by atoms with van der Waals surface area (Å²) in [5.74, 6) is 0.791. The summed E-state index contributed by atoms with van der Waals surface area (Å²) in [5.41, 5.74) is 2.37. The molecule has 1 aromatic carbocycles. The second-order valence-electron chi connectivity index (χ2n) is 7.34. The Hall–Kier alpha value is -1.90. The summed E-state index contributed by atoms with van der Waals surface area (Å²) in [6, 6.07) is 5.57. The lowest BCUT2D eigenvalue weighted by molar-refractivity contribution is -0.113. The number of thiazole rings is 1. The third kappa shape index (κ3) is 4.82. The normalized spacial score (nSPS) is 16.9. The Bertz CT molecular complexity index is 1040. The van der Waals surface area contributed by atoms with Gasteiger partial charge in [0.1, 0.15) is 16.1 Å². The molecule has 3 aromatic rings. The van der Waals surface area contributed by atoms with Gasteiger partial charge in [-0.05, 0) is 43.4 Å². The summed E-state index contributed by atoms with van der Waals surface area (Å²) in [4.78, 5) is 28.1. The highest BCUT2D eigenvalue weighted by Crippen LogP contribution is 2.35. The number of fused-ring (bicyclic) bond motifs is 1. The standard InChI is InChI=1S/C20H22ClN5OS2/c1-12-5-6-15(14(21)8-12)24-16(27)10-28-19-17-18(22-11-23-19)25-20(29-17)26-7-3-4-13(2)9-26/h5-6,8,11,13H,3-4,7,9-10H2,1-2H3,(H,24,27). The van der Waals surface area contributed by atoms with E-state index >= 15 is 0 Å². The first kappa shape index (κ1) is 20.4. The molecule has 1 N–H and O–H groups in total. The molecule has 1 unspecified atom stereocenters. The number of benzene rings is 1. The van der Waals surface area contributed by atoms with Crippen molar-refractivity contribution in [3.05, 3.63) is 35.1 Å². The summed E-state index contributed by atoms with van der Waals surface area (Å²) in [6.45, 7) is 6.29. The predicted octanol–water partition coefficient (Wildman–Crippen LogP) is 5.02. The molecule has 1 aliphatic rings. The van der Waals surface area contributed by atoms with Crippen LogP contribution >= 0.6 is 34.7 Å². The smallest absolute Gasteiger partial charge is 0.234 e. The number of anilines is 2. The minimum absolute atomic E-state index is 0.123. The number of nitrogens with zero attached hydrogens (tertiary/aromatic N) is 4. The van der Waals surface area contributed by atoms with E-state index in [1.165, 1.54) is 30.9 Å². The van der Waals surface area contributed by atoms with Crippen LogP contribution in [0.25, 0.3) is 10.3 Å². The third-order valence-electron chi connectivity index (χ3n) is 4.81. The zero-order valence-corrected chi connectivity index (χ0v) is 18.7.